The Hall–Kier alpha value is -1.68. The molecule has 4 nitrogen and oxygen atoms in total. The van der Waals surface area contributed by atoms with Crippen molar-refractivity contribution in [1.29, 1.82) is 0 Å². The number of ketones is 1. The van der Waals surface area contributed by atoms with Crippen LogP contribution >= 0.6 is 0 Å². The van der Waals surface area contributed by atoms with E-state index in [2.05, 4.69) is 6.92 Å². The average Bonchev–Trinajstić information content (AvgIpc) is 2.89. The maximum absolute atomic E-state index is 12.0. The summed E-state index contributed by atoms with van der Waals surface area (Å²) in [5.74, 6) is -0.590. The molecular weight excluding hydrogens is 304 g/mol. The first-order valence-electron chi connectivity index (χ1n) is 9.02. The summed E-state index contributed by atoms with van der Waals surface area (Å²) < 4.78 is 0. The monoisotopic (exact) mass is 334 g/mol. The Balaban J connectivity index is 2.48. The number of hydrogen-bond acceptors (Lipinski definition) is 3. The van der Waals surface area contributed by atoms with Gasteiger partial charge in [0.1, 0.15) is 0 Å². The topological polar surface area (TPSA) is 74.6 Å². The average molecular weight is 334 g/mol. The van der Waals surface area contributed by atoms with E-state index < -0.39 is 12.1 Å². The lowest BCUT2D eigenvalue weighted by atomic mass is 10.0. The van der Waals surface area contributed by atoms with E-state index in [1.54, 1.807) is 6.08 Å². The highest BCUT2D eigenvalue weighted by molar-refractivity contribution is 5.99. The van der Waals surface area contributed by atoms with E-state index in [-0.39, 0.29) is 12.2 Å². The molecule has 0 aliphatic heterocycles. The number of aliphatic hydroxyl groups is 1. The molecule has 0 aromatic heterocycles. The molecule has 0 saturated heterocycles. The second-order valence-electron chi connectivity index (χ2n) is 6.31. The Bertz CT molecular complexity index is 500. The molecule has 1 rings (SSSR count). The number of carboxylic acids is 1. The van der Waals surface area contributed by atoms with Crippen molar-refractivity contribution in [3.8, 4) is 0 Å². The first kappa shape index (κ1) is 20.4. The van der Waals surface area contributed by atoms with Crippen LogP contribution in [0.1, 0.15) is 71.1 Å². The number of aliphatic carboxylic acids is 1. The highest BCUT2D eigenvalue weighted by atomic mass is 16.4. The quantitative estimate of drug-likeness (QED) is 0.411. The van der Waals surface area contributed by atoms with Crippen LogP contribution in [0, 0.1) is 0 Å². The van der Waals surface area contributed by atoms with Gasteiger partial charge < -0.3 is 10.2 Å². The lowest BCUT2D eigenvalue weighted by Gasteiger charge is -2.05. The van der Waals surface area contributed by atoms with Crippen LogP contribution in [0.25, 0.3) is 0 Å². The summed E-state index contributed by atoms with van der Waals surface area (Å²) in [7, 11) is 0. The van der Waals surface area contributed by atoms with Gasteiger partial charge in [0.25, 0.3) is 0 Å². The van der Waals surface area contributed by atoms with Crippen molar-refractivity contribution < 1.29 is 19.8 Å². The summed E-state index contributed by atoms with van der Waals surface area (Å²) in [6, 6.07) is 0. The van der Waals surface area contributed by atoms with Gasteiger partial charge in [-0.25, -0.2) is 0 Å². The summed E-state index contributed by atoms with van der Waals surface area (Å²) in [5.41, 5.74) is 1.87. The van der Waals surface area contributed by atoms with Crippen molar-refractivity contribution in [3.63, 3.8) is 0 Å². The van der Waals surface area contributed by atoms with Crippen LogP contribution in [0.15, 0.2) is 35.5 Å². The normalized spacial score (nSPS) is 16.7. The van der Waals surface area contributed by atoms with Crippen LogP contribution in [0.2, 0.25) is 0 Å². The third-order valence-corrected chi connectivity index (χ3v) is 4.22. The van der Waals surface area contributed by atoms with Gasteiger partial charge in [-0.2, -0.15) is 0 Å². The predicted octanol–water partition coefficient (Wildman–Crippen LogP) is 4.34. The molecule has 0 amide bonds. The van der Waals surface area contributed by atoms with E-state index in [1.165, 1.54) is 0 Å². The largest absolute Gasteiger partial charge is 0.481 e. The molecule has 0 aromatic carbocycles. The molecule has 134 valence electrons. The number of carbonyl (C=O) groups is 2. The second-order valence-corrected chi connectivity index (χ2v) is 6.31. The molecule has 0 radical (unpaired) electrons. The molecule has 0 bridgehead atoms. The summed E-state index contributed by atoms with van der Waals surface area (Å²) >= 11 is 0. The van der Waals surface area contributed by atoms with Crippen LogP contribution in [-0.4, -0.2) is 28.1 Å². The van der Waals surface area contributed by atoms with Gasteiger partial charge in [-0.3, -0.25) is 9.59 Å². The van der Waals surface area contributed by atoms with Gasteiger partial charge in [0.2, 0.25) is 0 Å². The second kappa shape index (κ2) is 11.8. The van der Waals surface area contributed by atoms with Gasteiger partial charge >= 0.3 is 5.97 Å². The van der Waals surface area contributed by atoms with Crippen molar-refractivity contribution in [2.75, 3.05) is 0 Å². The summed E-state index contributed by atoms with van der Waals surface area (Å²) in [6.07, 6.45) is 14.6. The number of carboxylic acid groups (broad SMARTS) is 1. The fourth-order valence-electron chi connectivity index (χ4n) is 2.78. The number of aliphatic hydroxyl groups excluding tert-OH is 1. The zero-order valence-corrected chi connectivity index (χ0v) is 14.7. The van der Waals surface area contributed by atoms with Gasteiger partial charge in [-0.1, -0.05) is 50.5 Å². The number of allylic oxidation sites excluding steroid dienone is 5. The van der Waals surface area contributed by atoms with Crippen molar-refractivity contribution in [3.05, 3.63) is 35.5 Å². The Kier molecular flexibility index (Phi) is 10.0. The van der Waals surface area contributed by atoms with Gasteiger partial charge in [0.05, 0.1) is 6.10 Å². The molecule has 24 heavy (non-hydrogen) atoms. The zero-order valence-electron chi connectivity index (χ0n) is 14.7. The maximum atomic E-state index is 12.0. The lowest BCUT2D eigenvalue weighted by molar-refractivity contribution is -0.137. The Morgan fingerprint density at radius 1 is 1.21 bits per heavy atom. The number of carbonyl (C=O) groups excluding carboxylic acids is 1. The molecule has 1 aliphatic carbocycles. The van der Waals surface area contributed by atoms with Crippen LogP contribution < -0.4 is 0 Å². The highest BCUT2D eigenvalue weighted by Gasteiger charge is 2.20. The van der Waals surface area contributed by atoms with E-state index in [4.69, 9.17) is 5.11 Å². The van der Waals surface area contributed by atoms with Crippen LogP contribution in [-0.2, 0) is 9.59 Å². The number of rotatable bonds is 12. The van der Waals surface area contributed by atoms with Crippen LogP contribution in [0.3, 0.4) is 0 Å². The molecule has 4 heteroatoms. The van der Waals surface area contributed by atoms with E-state index in [0.29, 0.717) is 19.3 Å². The lowest BCUT2D eigenvalue weighted by Crippen LogP contribution is -2.01. The highest BCUT2D eigenvalue weighted by Crippen LogP contribution is 2.27. The molecular formula is C20H30O4. The van der Waals surface area contributed by atoms with E-state index >= 15 is 0 Å². The number of unbranched alkanes of at least 4 members (excludes halogenated alkanes) is 3. The van der Waals surface area contributed by atoms with Crippen LogP contribution in [0.4, 0.5) is 0 Å². The van der Waals surface area contributed by atoms with Crippen molar-refractivity contribution in [2.24, 2.45) is 0 Å². The first-order chi connectivity index (χ1) is 11.5. The molecule has 0 saturated carbocycles. The third kappa shape index (κ3) is 8.25. The molecule has 0 fully saturated rings. The van der Waals surface area contributed by atoms with E-state index in [0.717, 1.165) is 49.7 Å². The van der Waals surface area contributed by atoms with Crippen molar-refractivity contribution in [2.45, 2.75) is 77.2 Å². The maximum Gasteiger partial charge on any atom is 0.303 e. The minimum absolute atomic E-state index is 0.176. The minimum Gasteiger partial charge on any atom is -0.481 e. The first-order valence-corrected chi connectivity index (χ1v) is 9.02. The molecule has 0 aromatic rings. The van der Waals surface area contributed by atoms with E-state index in [9.17, 15) is 14.7 Å². The Morgan fingerprint density at radius 2 is 2.00 bits per heavy atom. The Morgan fingerprint density at radius 3 is 2.71 bits per heavy atom. The molecule has 1 aliphatic rings. The number of hydrogen-bond donors (Lipinski definition) is 2. The molecule has 0 unspecified atom stereocenters. The SMILES string of the molecule is CCCCC[C@H](O)/C=C\C1=C(C/C=C\CCCC(=O)O)C(=O)CC1. The number of Topliss-reactive ketones (excluding diaryl/α,β-unsaturated/α-hetero) is 1. The van der Waals surface area contributed by atoms with Crippen molar-refractivity contribution in [1.82, 2.24) is 0 Å². The smallest absolute Gasteiger partial charge is 0.303 e. The van der Waals surface area contributed by atoms with Gasteiger partial charge in [-0.15, -0.1) is 0 Å². The van der Waals surface area contributed by atoms with Gasteiger partial charge in [0, 0.05) is 18.4 Å². The summed E-state index contributed by atoms with van der Waals surface area (Å²) in [4.78, 5) is 22.4. The molecule has 2 N–H and O–H groups in total. The minimum atomic E-state index is -0.776. The molecule has 1 atom stereocenters. The zero-order chi connectivity index (χ0) is 17.8. The van der Waals surface area contributed by atoms with E-state index in [1.807, 2.05) is 18.2 Å². The fourth-order valence-corrected chi connectivity index (χ4v) is 2.78. The van der Waals surface area contributed by atoms with Crippen molar-refractivity contribution >= 4 is 11.8 Å². The summed E-state index contributed by atoms with van der Waals surface area (Å²) in [6.45, 7) is 2.14. The predicted molar refractivity (Wildman–Crippen MR) is 95.8 cm³/mol. The third-order valence-electron chi connectivity index (χ3n) is 4.22. The summed E-state index contributed by atoms with van der Waals surface area (Å²) in [5, 5.41) is 18.5. The standard InChI is InChI=1S/C20H30O4/c1-2-3-6-9-17(21)14-12-16-13-15-19(22)18(16)10-7-4-5-8-11-20(23)24/h4,7,12,14,17,21H,2-3,5-6,8-11,13,15H2,1H3,(H,23,24)/b7-4-,14-12-/t17-/m0/s1. The molecule has 0 spiro atoms. The van der Waals surface area contributed by atoms with Gasteiger partial charge in [-0.05, 0) is 37.7 Å². The van der Waals surface area contributed by atoms with Crippen LogP contribution in [0.5, 0.6) is 0 Å². The molecule has 0 heterocycles. The van der Waals surface area contributed by atoms with Gasteiger partial charge in [0.15, 0.2) is 5.78 Å². The Labute approximate surface area is 145 Å². The fraction of sp³-hybridized carbons (Fsp3) is 0.600.